The smallest absolute Gasteiger partial charge is 0.197 e. The maximum atomic E-state index is 12.5. The number of fused-ring (bicyclic) bond motifs is 2. The maximum Gasteiger partial charge on any atom is 0.197 e. The largest absolute Gasteiger partial charge is 0.340 e. The van der Waals surface area contributed by atoms with E-state index in [0.717, 1.165) is 46.5 Å². The molecule has 3 rings (SSSR count). The average molecular weight is 330 g/mol. The predicted molar refractivity (Wildman–Crippen MR) is 88.7 cm³/mol. The van der Waals surface area contributed by atoms with Gasteiger partial charge in [-0.05, 0) is 37.1 Å². The molecule has 0 saturated heterocycles. The molecule has 1 heterocycles. The van der Waals surface area contributed by atoms with E-state index in [1.54, 1.807) is 0 Å². The van der Waals surface area contributed by atoms with E-state index in [1.807, 2.05) is 48.5 Å². The number of aromatic nitrogens is 1. The van der Waals surface area contributed by atoms with Crippen molar-refractivity contribution in [2.24, 2.45) is 0 Å². The zero-order valence-corrected chi connectivity index (χ0v) is 12.8. The zero-order chi connectivity index (χ0) is 13.9. The summed E-state index contributed by atoms with van der Waals surface area (Å²) < 4.78 is 2.27. The first-order chi connectivity index (χ1) is 9.83. The highest BCUT2D eigenvalue weighted by Crippen LogP contribution is 2.19. The molecule has 0 amide bonds. The van der Waals surface area contributed by atoms with E-state index in [2.05, 4.69) is 20.5 Å². The van der Waals surface area contributed by atoms with Crippen molar-refractivity contribution in [3.8, 4) is 0 Å². The number of hydrogen-bond donors (Lipinski definition) is 0. The van der Waals surface area contributed by atoms with Gasteiger partial charge in [0, 0.05) is 22.6 Å². The molecule has 3 aromatic rings. The summed E-state index contributed by atoms with van der Waals surface area (Å²) in [5.74, 6) is 0. The molecule has 0 aliphatic carbocycles. The van der Waals surface area contributed by atoms with Gasteiger partial charge in [0.05, 0.1) is 11.0 Å². The van der Waals surface area contributed by atoms with Crippen LogP contribution in [-0.2, 0) is 6.54 Å². The van der Waals surface area contributed by atoms with Crippen LogP contribution >= 0.6 is 15.9 Å². The van der Waals surface area contributed by atoms with E-state index < -0.39 is 0 Å². The third-order valence-electron chi connectivity index (χ3n) is 3.64. The quantitative estimate of drug-likeness (QED) is 0.396. The number of pyridine rings is 1. The van der Waals surface area contributed by atoms with Gasteiger partial charge >= 0.3 is 0 Å². The molecule has 0 aliphatic heterocycles. The standard InChI is InChI=1S/C17H16BrNO/c18-11-5-6-12-19-15-9-3-1-7-13(15)17(20)14-8-2-4-10-16(14)19/h1-4,7-10H,5-6,11-12H2. The molecule has 2 nitrogen and oxygen atoms in total. The lowest BCUT2D eigenvalue weighted by Gasteiger charge is -2.14. The Balaban J connectivity index is 2.31. The van der Waals surface area contributed by atoms with Crippen LogP contribution in [0.2, 0.25) is 0 Å². The number of halogens is 1. The van der Waals surface area contributed by atoms with Gasteiger partial charge in [-0.15, -0.1) is 0 Å². The number of para-hydroxylation sites is 2. The Hall–Kier alpha value is -1.61. The van der Waals surface area contributed by atoms with Crippen molar-refractivity contribution in [2.45, 2.75) is 19.4 Å². The first-order valence-electron chi connectivity index (χ1n) is 6.89. The van der Waals surface area contributed by atoms with Crippen molar-refractivity contribution < 1.29 is 0 Å². The van der Waals surface area contributed by atoms with Gasteiger partial charge in [0.25, 0.3) is 0 Å². The highest BCUT2D eigenvalue weighted by molar-refractivity contribution is 9.09. The second-order valence-corrected chi connectivity index (χ2v) is 5.70. The van der Waals surface area contributed by atoms with Crippen LogP contribution in [0.5, 0.6) is 0 Å². The van der Waals surface area contributed by atoms with Gasteiger partial charge in [-0.1, -0.05) is 40.2 Å². The van der Waals surface area contributed by atoms with Crippen molar-refractivity contribution in [2.75, 3.05) is 5.33 Å². The molecule has 1 aromatic heterocycles. The minimum absolute atomic E-state index is 0.132. The van der Waals surface area contributed by atoms with E-state index in [4.69, 9.17) is 0 Å². The summed E-state index contributed by atoms with van der Waals surface area (Å²) in [6.45, 7) is 0.937. The summed E-state index contributed by atoms with van der Waals surface area (Å²) >= 11 is 3.47. The number of aryl methyl sites for hydroxylation is 1. The first-order valence-corrected chi connectivity index (χ1v) is 8.01. The fourth-order valence-corrected chi connectivity index (χ4v) is 3.08. The molecule has 0 N–H and O–H groups in total. The SMILES string of the molecule is O=c1c2ccccc2n(CCCCBr)c2ccccc12. The van der Waals surface area contributed by atoms with Crippen LogP contribution in [0.15, 0.2) is 53.3 Å². The lowest BCUT2D eigenvalue weighted by molar-refractivity contribution is 0.668. The van der Waals surface area contributed by atoms with E-state index >= 15 is 0 Å². The Labute approximate surface area is 126 Å². The van der Waals surface area contributed by atoms with E-state index in [-0.39, 0.29) is 5.43 Å². The Morgan fingerprint density at radius 2 is 1.40 bits per heavy atom. The zero-order valence-electron chi connectivity index (χ0n) is 11.2. The molecule has 2 aromatic carbocycles. The molecule has 0 atom stereocenters. The molecule has 0 bridgehead atoms. The third-order valence-corrected chi connectivity index (χ3v) is 4.21. The van der Waals surface area contributed by atoms with Crippen LogP contribution in [0.1, 0.15) is 12.8 Å². The number of unbranched alkanes of at least 4 members (excludes halogenated alkanes) is 1. The predicted octanol–water partition coefficient (Wildman–Crippen LogP) is 4.33. The van der Waals surface area contributed by atoms with E-state index in [9.17, 15) is 4.79 Å². The highest BCUT2D eigenvalue weighted by Gasteiger charge is 2.09. The van der Waals surface area contributed by atoms with Crippen LogP contribution in [0.25, 0.3) is 21.8 Å². The van der Waals surface area contributed by atoms with Crippen molar-refractivity contribution in [1.82, 2.24) is 4.57 Å². The molecule has 0 spiro atoms. The average Bonchev–Trinajstić information content (AvgIpc) is 2.51. The van der Waals surface area contributed by atoms with Crippen LogP contribution in [0, 0.1) is 0 Å². The summed E-state index contributed by atoms with van der Waals surface area (Å²) in [5.41, 5.74) is 2.20. The van der Waals surface area contributed by atoms with E-state index in [1.165, 1.54) is 0 Å². The molecule has 0 saturated carbocycles. The number of rotatable bonds is 4. The Bertz CT molecular complexity index is 747. The van der Waals surface area contributed by atoms with Crippen molar-refractivity contribution >= 4 is 37.7 Å². The molecular formula is C17H16BrNO. The highest BCUT2D eigenvalue weighted by atomic mass is 79.9. The van der Waals surface area contributed by atoms with Gasteiger partial charge in [0.1, 0.15) is 0 Å². The monoisotopic (exact) mass is 329 g/mol. The fraction of sp³-hybridized carbons (Fsp3) is 0.235. The van der Waals surface area contributed by atoms with Gasteiger partial charge < -0.3 is 4.57 Å². The van der Waals surface area contributed by atoms with Crippen molar-refractivity contribution in [3.05, 3.63) is 58.8 Å². The number of alkyl halides is 1. The Kier molecular flexibility index (Phi) is 3.88. The molecule has 0 unspecified atom stereocenters. The fourth-order valence-electron chi connectivity index (χ4n) is 2.68. The molecule has 3 heteroatoms. The van der Waals surface area contributed by atoms with Crippen LogP contribution in [0.3, 0.4) is 0 Å². The minimum atomic E-state index is 0.132. The second-order valence-electron chi connectivity index (χ2n) is 4.91. The van der Waals surface area contributed by atoms with Gasteiger partial charge in [-0.2, -0.15) is 0 Å². The van der Waals surface area contributed by atoms with Crippen molar-refractivity contribution in [1.29, 1.82) is 0 Å². The van der Waals surface area contributed by atoms with E-state index in [0.29, 0.717) is 0 Å². The summed E-state index contributed by atoms with van der Waals surface area (Å²) in [6.07, 6.45) is 2.23. The van der Waals surface area contributed by atoms with Crippen molar-refractivity contribution in [3.63, 3.8) is 0 Å². The Morgan fingerprint density at radius 1 is 0.850 bits per heavy atom. The summed E-state index contributed by atoms with van der Waals surface area (Å²) in [6, 6.07) is 15.8. The third kappa shape index (κ3) is 2.27. The number of benzene rings is 2. The lowest BCUT2D eigenvalue weighted by atomic mass is 10.1. The topological polar surface area (TPSA) is 22.0 Å². The van der Waals surface area contributed by atoms with Crippen LogP contribution in [0.4, 0.5) is 0 Å². The second kappa shape index (κ2) is 5.80. The molecular weight excluding hydrogens is 314 g/mol. The Morgan fingerprint density at radius 3 is 1.95 bits per heavy atom. The van der Waals surface area contributed by atoms with Gasteiger partial charge in [0.15, 0.2) is 5.43 Å². The van der Waals surface area contributed by atoms with Crippen LogP contribution in [-0.4, -0.2) is 9.90 Å². The summed E-state index contributed by atoms with van der Waals surface area (Å²) in [4.78, 5) is 12.5. The molecule has 102 valence electrons. The van der Waals surface area contributed by atoms with Crippen LogP contribution < -0.4 is 5.43 Å². The van der Waals surface area contributed by atoms with Gasteiger partial charge in [-0.3, -0.25) is 4.79 Å². The molecule has 0 fully saturated rings. The van der Waals surface area contributed by atoms with Gasteiger partial charge in [0.2, 0.25) is 0 Å². The normalized spacial score (nSPS) is 11.2. The molecule has 0 radical (unpaired) electrons. The number of hydrogen-bond acceptors (Lipinski definition) is 1. The maximum absolute atomic E-state index is 12.5. The van der Waals surface area contributed by atoms with Gasteiger partial charge in [-0.25, -0.2) is 0 Å². The summed E-state index contributed by atoms with van der Waals surface area (Å²) in [7, 11) is 0. The molecule has 0 aliphatic rings. The molecule has 20 heavy (non-hydrogen) atoms. The first kappa shape index (κ1) is 13.4. The minimum Gasteiger partial charge on any atom is -0.340 e. The summed E-state index contributed by atoms with van der Waals surface area (Å²) in [5, 5.41) is 2.64. The number of nitrogens with zero attached hydrogens (tertiary/aromatic N) is 1. The lowest BCUT2D eigenvalue weighted by Crippen LogP contribution is -2.11.